The molecule has 48 valence electrons. The van der Waals surface area contributed by atoms with Crippen LogP contribution in [0.3, 0.4) is 0 Å². The molecular formula is CaCl2O4Si2. The molecule has 0 aromatic rings. The molecule has 0 radical (unpaired) electrons. The third-order valence-electron chi connectivity index (χ3n) is 0. The Morgan fingerprint density at radius 2 is 1.00 bits per heavy atom. The second-order valence-corrected chi connectivity index (χ2v) is 3.28. The van der Waals surface area contributed by atoms with Gasteiger partial charge in [-0.25, -0.2) is 0 Å². The van der Waals surface area contributed by atoms with E-state index >= 15 is 0 Å². The van der Waals surface area contributed by atoms with Crippen LogP contribution in [0.25, 0.3) is 0 Å². The van der Waals surface area contributed by atoms with E-state index in [1.165, 1.54) is 0 Å². The van der Waals surface area contributed by atoms with Crippen molar-refractivity contribution in [2.75, 3.05) is 0 Å². The molecular weight excluding hydrogens is 231 g/mol. The van der Waals surface area contributed by atoms with Crippen LogP contribution in [0.2, 0.25) is 0 Å². The van der Waals surface area contributed by atoms with Crippen LogP contribution in [-0.4, -0.2) is 54.2 Å². The van der Waals surface area contributed by atoms with E-state index in [1.54, 1.807) is 0 Å². The first-order valence-electron chi connectivity index (χ1n) is 1.19. The van der Waals surface area contributed by atoms with Crippen LogP contribution in [0.4, 0.5) is 0 Å². The molecule has 0 saturated carbocycles. The minimum Gasteiger partial charge on any atom is -0.572 e. The van der Waals surface area contributed by atoms with Gasteiger partial charge < -0.3 is 18.5 Å². The van der Waals surface area contributed by atoms with Crippen molar-refractivity contribution in [2.45, 2.75) is 0 Å². The van der Waals surface area contributed by atoms with Crippen LogP contribution < -0.4 is 9.59 Å². The van der Waals surface area contributed by atoms with Crippen LogP contribution >= 0.6 is 22.2 Å². The summed E-state index contributed by atoms with van der Waals surface area (Å²) in [5, 5.41) is 0. The zero-order valence-corrected chi connectivity index (χ0v) is 9.82. The van der Waals surface area contributed by atoms with Crippen molar-refractivity contribution in [3.05, 3.63) is 0 Å². The van der Waals surface area contributed by atoms with Crippen LogP contribution in [0.5, 0.6) is 0 Å². The molecule has 0 aromatic carbocycles. The van der Waals surface area contributed by atoms with Gasteiger partial charge >= 0.3 is 37.7 Å². The Hall–Kier alpha value is 1.47. The molecule has 0 amide bonds. The van der Waals surface area contributed by atoms with Gasteiger partial charge in [-0.2, -0.15) is 0 Å². The van der Waals surface area contributed by atoms with Crippen molar-refractivity contribution in [3.8, 4) is 0 Å². The Morgan fingerprint density at radius 1 is 1.00 bits per heavy atom. The first-order chi connectivity index (χ1) is 3.46. The molecule has 0 rings (SSSR count). The Morgan fingerprint density at radius 3 is 1.00 bits per heavy atom. The van der Waals surface area contributed by atoms with Crippen molar-refractivity contribution in [3.63, 3.8) is 0 Å². The third kappa shape index (κ3) is 244. The Balaban J connectivity index is -0.0000000720. The van der Waals surface area contributed by atoms with Gasteiger partial charge in [-0.05, 0) is 0 Å². The molecule has 4 nitrogen and oxygen atoms in total. The van der Waals surface area contributed by atoms with Crippen molar-refractivity contribution >= 4 is 76.4 Å². The minimum absolute atomic E-state index is 0. The molecule has 0 atom stereocenters. The predicted octanol–water partition coefficient (Wildman–Crippen LogP) is -2.38. The summed E-state index contributed by atoms with van der Waals surface area (Å²) in [6.07, 6.45) is 0. The average Bonchev–Trinajstić information content (AvgIpc) is 1.25. The molecule has 0 fully saturated rings. The van der Waals surface area contributed by atoms with Gasteiger partial charge in [0.1, 0.15) is 0 Å². The van der Waals surface area contributed by atoms with Gasteiger partial charge in [-0.3, -0.25) is 0 Å². The van der Waals surface area contributed by atoms with Crippen molar-refractivity contribution in [2.24, 2.45) is 0 Å². The van der Waals surface area contributed by atoms with E-state index < -0.39 is 16.5 Å². The van der Waals surface area contributed by atoms with Gasteiger partial charge in [-0.1, -0.05) is 0 Å². The van der Waals surface area contributed by atoms with Gasteiger partial charge in [0.05, 0.1) is 0 Å². The summed E-state index contributed by atoms with van der Waals surface area (Å²) in [6.45, 7) is 0. The first kappa shape index (κ1) is 16.8. The minimum atomic E-state index is -2.91. The molecule has 0 spiro atoms. The maximum atomic E-state index is 8.84. The van der Waals surface area contributed by atoms with E-state index in [-0.39, 0.29) is 37.7 Å². The van der Waals surface area contributed by atoms with E-state index in [0.717, 1.165) is 0 Å². The summed E-state index contributed by atoms with van der Waals surface area (Å²) in [5.41, 5.74) is 0. The average molecular weight is 231 g/mol. The molecule has 9 heteroatoms. The van der Waals surface area contributed by atoms with E-state index in [9.17, 15) is 0 Å². The smallest absolute Gasteiger partial charge is 0.572 e. The number of halogens is 2. The largest absolute Gasteiger partial charge is 2.00 e. The maximum absolute atomic E-state index is 8.84. The fraction of sp³-hybridized carbons (Fsp3) is 0. The summed E-state index contributed by atoms with van der Waals surface area (Å²) in [7, 11) is -5.81. The van der Waals surface area contributed by atoms with Crippen molar-refractivity contribution in [1.29, 1.82) is 0 Å². The summed E-state index contributed by atoms with van der Waals surface area (Å²) in [6, 6.07) is 0. The third-order valence-corrected chi connectivity index (χ3v) is 0. The summed E-state index contributed by atoms with van der Waals surface area (Å²) >= 11 is 8.53. The number of hydrogen-bond donors (Lipinski definition) is 0. The molecule has 0 N–H and O–H groups in total. The monoisotopic (exact) mass is 230 g/mol. The molecule has 0 aliphatic carbocycles. The molecule has 0 aliphatic heterocycles. The summed E-state index contributed by atoms with van der Waals surface area (Å²) < 4.78 is 17.7. The standard InChI is InChI=1S/Ca.2ClO2Si/c;2*1-4(2)3/q+2;2*-1. The Labute approximate surface area is 93.8 Å². The summed E-state index contributed by atoms with van der Waals surface area (Å²) in [4.78, 5) is 17.7. The predicted molar refractivity (Wildman–Crippen MR) is 30.3 cm³/mol. The Kier molecular flexibility index (Phi) is 22.8. The van der Waals surface area contributed by atoms with Crippen molar-refractivity contribution in [1.82, 2.24) is 0 Å². The van der Waals surface area contributed by atoms with E-state index in [2.05, 4.69) is 22.2 Å². The van der Waals surface area contributed by atoms with Crippen LogP contribution in [0.1, 0.15) is 0 Å². The van der Waals surface area contributed by atoms with Crippen LogP contribution in [-0.2, 0) is 8.92 Å². The molecule has 0 heterocycles. The topological polar surface area (TPSA) is 80.3 Å². The molecule has 0 aromatic heterocycles. The fourth-order valence-corrected chi connectivity index (χ4v) is 0. The van der Waals surface area contributed by atoms with Gasteiger partial charge in [-0.15, -0.1) is 22.2 Å². The number of hydrogen-bond acceptors (Lipinski definition) is 4. The zero-order chi connectivity index (χ0) is 7.15. The van der Waals surface area contributed by atoms with E-state index in [0.29, 0.717) is 0 Å². The quantitative estimate of drug-likeness (QED) is 0.344. The van der Waals surface area contributed by atoms with E-state index in [4.69, 9.17) is 18.5 Å². The molecule has 0 bridgehead atoms. The van der Waals surface area contributed by atoms with Crippen LogP contribution in [0, 0.1) is 0 Å². The maximum Gasteiger partial charge on any atom is 2.00 e. The fourth-order valence-electron chi connectivity index (χ4n) is 0. The van der Waals surface area contributed by atoms with E-state index in [1.807, 2.05) is 0 Å². The molecule has 9 heavy (non-hydrogen) atoms. The SMILES string of the molecule is O=[Si]([O-])Cl.O=[Si]([O-])Cl.[Ca+2]. The molecule has 0 aliphatic rings. The Bertz CT molecular complexity index is 74.6. The van der Waals surface area contributed by atoms with Crippen LogP contribution in [0.15, 0.2) is 0 Å². The second-order valence-electron chi connectivity index (χ2n) is 0.475. The normalized spacial score (nSPS) is 5.56. The van der Waals surface area contributed by atoms with Gasteiger partial charge in [0.2, 0.25) is 0 Å². The van der Waals surface area contributed by atoms with Gasteiger partial charge in [0.25, 0.3) is 16.5 Å². The van der Waals surface area contributed by atoms with Gasteiger partial charge in [0, 0.05) is 0 Å². The van der Waals surface area contributed by atoms with Crippen molar-refractivity contribution < 1.29 is 18.5 Å². The first-order valence-corrected chi connectivity index (χ1v) is 5.85. The molecule has 0 saturated heterocycles. The van der Waals surface area contributed by atoms with Gasteiger partial charge in [0.15, 0.2) is 0 Å². The zero-order valence-electron chi connectivity index (χ0n) is 4.10. The summed E-state index contributed by atoms with van der Waals surface area (Å²) in [5.74, 6) is 0. The number of rotatable bonds is 0. The second kappa shape index (κ2) is 12.2. The molecule has 0 unspecified atom stereocenters.